The van der Waals surface area contributed by atoms with E-state index in [0.29, 0.717) is 13.2 Å². The average Bonchev–Trinajstić information content (AvgIpc) is 2.61. The molecule has 0 saturated carbocycles. The van der Waals surface area contributed by atoms with E-state index in [9.17, 15) is 0 Å². The number of fused-ring (bicyclic) bond motifs is 1. The average molecular weight is 304 g/mol. The van der Waals surface area contributed by atoms with Crippen molar-refractivity contribution in [3.8, 4) is 5.75 Å². The molecule has 0 aromatic heterocycles. The van der Waals surface area contributed by atoms with Crippen molar-refractivity contribution >= 4 is 16.3 Å². The van der Waals surface area contributed by atoms with Crippen LogP contribution in [0.4, 0.5) is 0 Å². The lowest BCUT2D eigenvalue weighted by atomic mass is 10.0. The smallest absolute Gasteiger partial charge is 0.122 e. The Bertz CT molecular complexity index is 791. The van der Waals surface area contributed by atoms with Crippen LogP contribution in [0.1, 0.15) is 12.5 Å². The van der Waals surface area contributed by atoms with Crippen molar-refractivity contribution in [1.82, 2.24) is 0 Å². The highest BCUT2D eigenvalue weighted by Crippen LogP contribution is 2.20. The van der Waals surface area contributed by atoms with Gasteiger partial charge in [-0.2, -0.15) is 0 Å². The molecule has 116 valence electrons. The van der Waals surface area contributed by atoms with Crippen LogP contribution in [-0.4, -0.2) is 13.2 Å². The summed E-state index contributed by atoms with van der Waals surface area (Å²) in [4.78, 5) is 0. The van der Waals surface area contributed by atoms with Crippen LogP contribution in [0.25, 0.3) is 16.3 Å². The second-order valence-corrected chi connectivity index (χ2v) is 5.40. The van der Waals surface area contributed by atoms with Gasteiger partial charge in [-0.3, -0.25) is 0 Å². The number of ether oxygens (including phenoxy) is 2. The molecular formula is C21H20O2. The van der Waals surface area contributed by atoms with E-state index >= 15 is 0 Å². The fraction of sp³-hybridized carbons (Fsp3) is 0.143. The van der Waals surface area contributed by atoms with Crippen LogP contribution in [0, 0.1) is 0 Å². The molecule has 3 rings (SSSR count). The maximum Gasteiger partial charge on any atom is 0.122 e. The van der Waals surface area contributed by atoms with Gasteiger partial charge < -0.3 is 9.47 Å². The summed E-state index contributed by atoms with van der Waals surface area (Å²) in [5, 5.41) is 2.49. The van der Waals surface area contributed by atoms with Crippen LogP contribution in [-0.2, 0) is 4.74 Å². The molecule has 3 aromatic rings. The first-order chi connectivity index (χ1) is 11.3. The molecule has 0 fully saturated rings. The predicted molar refractivity (Wildman–Crippen MR) is 95.5 cm³/mol. The quantitative estimate of drug-likeness (QED) is 0.454. The van der Waals surface area contributed by atoms with Crippen molar-refractivity contribution in [3.05, 3.63) is 84.6 Å². The summed E-state index contributed by atoms with van der Waals surface area (Å²) in [6, 6.07) is 24.6. The van der Waals surface area contributed by atoms with Gasteiger partial charge in [0.2, 0.25) is 0 Å². The van der Waals surface area contributed by atoms with Gasteiger partial charge in [0.25, 0.3) is 0 Å². The summed E-state index contributed by atoms with van der Waals surface area (Å²) in [6.07, 6.45) is 1.80. The highest BCUT2D eigenvalue weighted by atomic mass is 16.5. The number of rotatable bonds is 6. The molecule has 0 saturated heterocycles. The van der Waals surface area contributed by atoms with Gasteiger partial charge in [0, 0.05) is 0 Å². The van der Waals surface area contributed by atoms with Crippen LogP contribution in [0.15, 0.2) is 79.1 Å². The summed E-state index contributed by atoms with van der Waals surface area (Å²) in [6.45, 7) is 3.12. The first kappa shape index (κ1) is 15.2. The summed E-state index contributed by atoms with van der Waals surface area (Å²) in [7, 11) is 0. The molecule has 0 atom stereocenters. The van der Waals surface area contributed by atoms with Gasteiger partial charge in [-0.1, -0.05) is 54.6 Å². The second kappa shape index (κ2) is 7.50. The third kappa shape index (κ3) is 4.13. The third-order valence-corrected chi connectivity index (χ3v) is 3.68. The van der Waals surface area contributed by atoms with Crippen molar-refractivity contribution < 1.29 is 9.47 Å². The van der Waals surface area contributed by atoms with Gasteiger partial charge >= 0.3 is 0 Å². The largest absolute Gasteiger partial charge is 0.497 e. The van der Waals surface area contributed by atoms with E-state index in [1.54, 1.807) is 6.26 Å². The van der Waals surface area contributed by atoms with Crippen LogP contribution >= 0.6 is 0 Å². The summed E-state index contributed by atoms with van der Waals surface area (Å²) in [5.74, 6) is 0.867. The SMILES string of the molecule is C/C(=C\OCCOc1ccccc1)c1ccc2ccccc2c1. The van der Waals surface area contributed by atoms with Crippen molar-refractivity contribution in [1.29, 1.82) is 0 Å². The third-order valence-electron chi connectivity index (χ3n) is 3.68. The Hall–Kier alpha value is -2.74. The summed E-state index contributed by atoms with van der Waals surface area (Å²) >= 11 is 0. The van der Waals surface area contributed by atoms with E-state index in [1.807, 2.05) is 30.3 Å². The highest BCUT2D eigenvalue weighted by Gasteiger charge is 1.99. The molecule has 2 heteroatoms. The van der Waals surface area contributed by atoms with E-state index < -0.39 is 0 Å². The summed E-state index contributed by atoms with van der Waals surface area (Å²) < 4.78 is 11.2. The topological polar surface area (TPSA) is 18.5 Å². The number of hydrogen-bond donors (Lipinski definition) is 0. The fourth-order valence-electron chi connectivity index (χ4n) is 2.41. The number of hydrogen-bond acceptors (Lipinski definition) is 2. The fourth-order valence-corrected chi connectivity index (χ4v) is 2.41. The normalized spacial score (nSPS) is 11.4. The minimum Gasteiger partial charge on any atom is -0.497 e. The lowest BCUT2D eigenvalue weighted by Gasteiger charge is -2.07. The van der Waals surface area contributed by atoms with Crippen molar-refractivity contribution in [2.45, 2.75) is 6.92 Å². The molecule has 3 aromatic carbocycles. The predicted octanol–water partition coefficient (Wildman–Crippen LogP) is 5.30. The maximum absolute atomic E-state index is 5.60. The Labute approximate surface area is 137 Å². The van der Waals surface area contributed by atoms with E-state index in [1.165, 1.54) is 16.3 Å². The Kier molecular flexibility index (Phi) is 4.95. The van der Waals surface area contributed by atoms with Crippen molar-refractivity contribution in [3.63, 3.8) is 0 Å². The van der Waals surface area contributed by atoms with Crippen LogP contribution in [0.3, 0.4) is 0 Å². The molecule has 23 heavy (non-hydrogen) atoms. The van der Waals surface area contributed by atoms with E-state index in [-0.39, 0.29) is 0 Å². The van der Waals surface area contributed by atoms with Crippen LogP contribution < -0.4 is 4.74 Å². The Morgan fingerprint density at radius 2 is 1.57 bits per heavy atom. The van der Waals surface area contributed by atoms with Crippen molar-refractivity contribution in [2.24, 2.45) is 0 Å². The summed E-state index contributed by atoms with van der Waals surface area (Å²) in [5.41, 5.74) is 2.28. The first-order valence-electron chi connectivity index (χ1n) is 7.78. The molecule has 0 spiro atoms. The zero-order chi connectivity index (χ0) is 15.9. The van der Waals surface area contributed by atoms with Gasteiger partial charge in [0.15, 0.2) is 0 Å². The molecule has 0 aliphatic carbocycles. The van der Waals surface area contributed by atoms with E-state index in [2.05, 4.69) is 49.4 Å². The molecule has 0 aliphatic heterocycles. The van der Waals surface area contributed by atoms with Crippen LogP contribution in [0.5, 0.6) is 5.75 Å². The second-order valence-electron chi connectivity index (χ2n) is 5.40. The number of allylic oxidation sites excluding steroid dienone is 1. The number of para-hydroxylation sites is 1. The minimum atomic E-state index is 0.528. The lowest BCUT2D eigenvalue weighted by molar-refractivity contribution is 0.179. The Morgan fingerprint density at radius 1 is 0.826 bits per heavy atom. The molecule has 2 nitrogen and oxygen atoms in total. The highest BCUT2D eigenvalue weighted by molar-refractivity contribution is 5.85. The molecular weight excluding hydrogens is 284 g/mol. The molecule has 0 radical (unpaired) electrons. The zero-order valence-corrected chi connectivity index (χ0v) is 13.2. The van der Waals surface area contributed by atoms with Gasteiger partial charge in [-0.15, -0.1) is 0 Å². The Morgan fingerprint density at radius 3 is 2.39 bits per heavy atom. The van der Waals surface area contributed by atoms with Crippen LogP contribution in [0.2, 0.25) is 0 Å². The van der Waals surface area contributed by atoms with Gasteiger partial charge in [0.05, 0.1) is 6.26 Å². The molecule has 0 heterocycles. The molecule has 0 aliphatic rings. The van der Waals surface area contributed by atoms with Gasteiger partial charge in [0.1, 0.15) is 19.0 Å². The molecule has 0 bridgehead atoms. The van der Waals surface area contributed by atoms with Gasteiger partial charge in [-0.25, -0.2) is 0 Å². The van der Waals surface area contributed by atoms with Crippen molar-refractivity contribution in [2.75, 3.05) is 13.2 Å². The zero-order valence-electron chi connectivity index (χ0n) is 13.2. The monoisotopic (exact) mass is 304 g/mol. The Balaban J connectivity index is 1.54. The lowest BCUT2D eigenvalue weighted by Crippen LogP contribution is -2.03. The maximum atomic E-state index is 5.60. The molecule has 0 N–H and O–H groups in total. The van der Waals surface area contributed by atoms with Gasteiger partial charge in [-0.05, 0) is 47.0 Å². The molecule has 0 amide bonds. The standard InChI is InChI=1S/C21H20O2/c1-17(16-22-13-14-23-21-9-3-2-4-10-21)19-12-11-18-7-5-6-8-20(18)15-19/h2-12,15-16H,13-14H2,1H3/b17-16+. The minimum absolute atomic E-state index is 0.528. The van der Waals surface area contributed by atoms with E-state index in [0.717, 1.165) is 11.3 Å². The number of benzene rings is 3. The van der Waals surface area contributed by atoms with E-state index in [4.69, 9.17) is 9.47 Å². The molecule has 0 unspecified atom stereocenters. The first-order valence-corrected chi connectivity index (χ1v) is 7.78.